The zero-order valence-corrected chi connectivity index (χ0v) is 75.6. The summed E-state index contributed by atoms with van der Waals surface area (Å²) in [5.41, 5.74) is 20.6. The van der Waals surface area contributed by atoms with Crippen molar-refractivity contribution < 1.29 is 62.4 Å². The number of alkyl carbamates (subject to hydrolysis) is 1. The topological polar surface area (TPSA) is 346 Å². The molecular weight excluding hydrogens is 1600 g/mol. The zero-order chi connectivity index (χ0) is 90.5. The monoisotopic (exact) mass is 1740 g/mol. The molecule has 0 fully saturated rings. The van der Waals surface area contributed by atoms with Crippen molar-refractivity contribution >= 4 is 81.9 Å². The molecule has 0 spiro atoms. The van der Waals surface area contributed by atoms with Gasteiger partial charge in [-0.1, -0.05) is 134 Å². The van der Waals surface area contributed by atoms with Crippen LogP contribution in [0.1, 0.15) is 245 Å². The van der Waals surface area contributed by atoms with E-state index in [4.69, 9.17) is 81.8 Å². The molecule has 24 heteroatoms. The van der Waals surface area contributed by atoms with E-state index >= 15 is 0 Å². The Labute approximate surface area is 740 Å². The third-order valence-electron chi connectivity index (χ3n) is 17.6. The van der Waals surface area contributed by atoms with Gasteiger partial charge in [0.2, 0.25) is 5.91 Å². The highest BCUT2D eigenvalue weighted by Crippen LogP contribution is 2.26. The highest BCUT2D eigenvalue weighted by molar-refractivity contribution is 6.31. The van der Waals surface area contributed by atoms with Gasteiger partial charge in [-0.25, -0.2) is 9.59 Å². The number of unbranched alkanes of at least 4 members (excludes halogenated alkanes) is 8. The maximum absolute atomic E-state index is 12.8. The first kappa shape index (κ1) is 108. The Morgan fingerprint density at radius 1 is 0.336 bits per heavy atom. The van der Waals surface area contributed by atoms with Gasteiger partial charge in [0.15, 0.2) is 34.2 Å². The van der Waals surface area contributed by atoms with Crippen LogP contribution in [0, 0.1) is 0 Å². The molecule has 0 saturated heterocycles. The molecule has 0 saturated carbocycles. The van der Waals surface area contributed by atoms with Crippen molar-refractivity contribution in [2.75, 3.05) is 52.4 Å². The smallest absolute Gasteiger partial charge is 0.407 e. The lowest BCUT2D eigenvalue weighted by molar-refractivity contribution is -0.152. The van der Waals surface area contributed by atoms with Crippen molar-refractivity contribution in [1.29, 1.82) is 0 Å². The quantitative estimate of drug-likeness (QED) is 0.00973. The van der Waals surface area contributed by atoms with Gasteiger partial charge in [-0.05, 0) is 337 Å². The molecule has 13 N–H and O–H groups in total. The molecule has 0 heterocycles. The third kappa shape index (κ3) is 50.4. The van der Waals surface area contributed by atoms with Gasteiger partial charge >= 0.3 is 12.1 Å². The average molecular weight is 1740 g/mol. The van der Waals surface area contributed by atoms with Crippen LogP contribution in [0.3, 0.4) is 0 Å². The Hall–Kier alpha value is -9.97. The molecule has 0 atom stereocenters. The molecule has 0 aliphatic carbocycles. The summed E-state index contributed by atoms with van der Waals surface area (Å²) in [5, 5.41) is 22.2. The molecule has 6 aromatic carbocycles. The van der Waals surface area contributed by atoms with Crippen LogP contribution >= 0.6 is 34.8 Å². The van der Waals surface area contributed by atoms with Gasteiger partial charge in [-0.3, -0.25) is 28.8 Å². The van der Waals surface area contributed by atoms with E-state index in [-0.39, 0.29) is 41.2 Å². The van der Waals surface area contributed by atoms with Gasteiger partial charge in [-0.15, -0.1) is 0 Å². The van der Waals surface area contributed by atoms with E-state index in [2.05, 4.69) is 101 Å². The summed E-state index contributed by atoms with van der Waals surface area (Å²) >= 11 is 17.6. The van der Waals surface area contributed by atoms with Gasteiger partial charge in [0.05, 0.1) is 0 Å². The molecule has 6 rings (SSSR count). The molecule has 0 radical (unpaired) electrons. The zero-order valence-electron chi connectivity index (χ0n) is 73.4. The van der Waals surface area contributed by atoms with Crippen molar-refractivity contribution in [3.8, 4) is 17.2 Å². The number of ether oxygens (including phenoxy) is 4. The Morgan fingerprint density at radius 3 is 0.877 bits per heavy atom. The fourth-order valence-corrected chi connectivity index (χ4v) is 11.0. The van der Waals surface area contributed by atoms with Gasteiger partial charge < -0.3 is 68.3 Å². The molecule has 122 heavy (non-hydrogen) atoms. The van der Waals surface area contributed by atoms with E-state index in [1.165, 1.54) is 20.3 Å². The first-order valence-electron chi connectivity index (χ1n) is 42.2. The van der Waals surface area contributed by atoms with Crippen molar-refractivity contribution in [1.82, 2.24) is 21.3 Å². The lowest BCUT2D eigenvalue weighted by Gasteiger charge is -2.25. The first-order valence-corrected chi connectivity index (χ1v) is 43.4. The lowest BCUT2D eigenvalue weighted by Crippen LogP contribution is -2.46. The highest BCUT2D eigenvalue weighted by atomic mass is 35.5. The number of ketones is 3. The molecule has 0 aromatic heterocycles. The van der Waals surface area contributed by atoms with E-state index in [0.717, 1.165) is 129 Å². The summed E-state index contributed by atoms with van der Waals surface area (Å²) in [6, 6.07) is 40.0. The lowest BCUT2D eigenvalue weighted by atomic mass is 10.0. The molecule has 0 bridgehead atoms. The number of benzene rings is 6. The molecule has 0 aliphatic rings. The predicted molar refractivity (Wildman–Crippen MR) is 498 cm³/mol. The second-order valence-corrected chi connectivity index (χ2v) is 32.2. The van der Waals surface area contributed by atoms with Gasteiger partial charge in [0, 0.05) is 81.0 Å². The number of halogens is 3. The van der Waals surface area contributed by atoms with E-state index < -0.39 is 28.4 Å². The van der Waals surface area contributed by atoms with Crippen LogP contribution in [0.5, 0.6) is 17.2 Å². The minimum absolute atomic E-state index is 0.0594. The second-order valence-electron chi connectivity index (χ2n) is 30.9. The Bertz CT molecular complexity index is 4170. The fourth-order valence-electron chi connectivity index (χ4n) is 10.6. The van der Waals surface area contributed by atoms with Crippen LogP contribution in [0.25, 0.3) is 0 Å². The van der Waals surface area contributed by atoms with E-state index in [9.17, 15) is 38.4 Å². The predicted octanol–water partition coefficient (Wildman–Crippen LogP) is 20.1. The molecular formula is C98H135Cl3N8O13. The van der Waals surface area contributed by atoms with Gasteiger partial charge in [-0.2, -0.15) is 0 Å². The maximum Gasteiger partial charge on any atom is 0.407 e. The number of hydrogen-bond donors (Lipinski definition) is 9. The number of hydrogen-bond acceptors (Lipinski definition) is 16. The summed E-state index contributed by atoms with van der Waals surface area (Å²) in [6.07, 6.45) is 44.6. The van der Waals surface area contributed by atoms with Crippen LogP contribution in [0.15, 0.2) is 219 Å². The molecule has 0 aliphatic heterocycles. The van der Waals surface area contributed by atoms with Gasteiger partial charge in [0.25, 0.3) is 11.8 Å². The van der Waals surface area contributed by atoms with Crippen molar-refractivity contribution in [2.24, 2.45) is 22.9 Å². The van der Waals surface area contributed by atoms with Crippen LogP contribution in [0.2, 0.25) is 15.1 Å². The second kappa shape index (κ2) is 63.0. The first-order chi connectivity index (χ1) is 58.2. The average Bonchev–Trinajstić information content (AvgIpc) is 0.840. The Kier molecular flexibility index (Phi) is 55.9. The fraction of sp³-hybridized carbons (Fsp3) is 0.429. The largest absolute Gasteiger partial charge is 0.478 e. The number of carboxylic acid groups (broad SMARTS) is 1. The van der Waals surface area contributed by atoms with E-state index in [1.807, 2.05) is 20.8 Å². The van der Waals surface area contributed by atoms with Crippen LogP contribution in [-0.4, -0.2) is 127 Å². The van der Waals surface area contributed by atoms with Crippen molar-refractivity contribution in [3.63, 3.8) is 0 Å². The van der Waals surface area contributed by atoms with Crippen molar-refractivity contribution in [3.05, 3.63) is 267 Å². The summed E-state index contributed by atoms with van der Waals surface area (Å²) < 4.78 is 22.2. The minimum atomic E-state index is -1.33. The molecule has 21 nitrogen and oxygen atoms in total. The Balaban J connectivity index is 0.000000592. The highest BCUT2D eigenvalue weighted by Gasteiger charge is 2.32. The number of allylic oxidation sites excluding steroid dienone is 12. The summed E-state index contributed by atoms with van der Waals surface area (Å²) in [4.78, 5) is 96.9. The third-order valence-corrected chi connectivity index (χ3v) is 18.4. The van der Waals surface area contributed by atoms with Crippen LogP contribution in [0.4, 0.5) is 4.79 Å². The standard InChI is InChI=1S/C44H57ClN2O4.C22H27ClN2O3.C17H15ClO4.C10H22N2O2.C5H14N2/c1-4-5-6-7-8-9-10-11-12-13-14-15-16-17-18-19-20-21-23-26-41(48)46-35-24-22-25-36-47-43(50)44(2,3)51-40-33-29-38(30-34-40)42(49)37-27-31-39(45)32-28-37;1-22(2,21(27)25-15-5-3-4-14-24)28-19-12-8-17(9-13-19)20(26)16-6-10-18(23)11-7-16;1-17(2,16(20)21)22-14-9-5-12(6-10-14)15(19)11-3-7-13(18)8-4-11;1-10(2,3)14-9(13)12-8-6-4-5-7-11;6-4-2-1-3-5-7/h5-6,8-9,11-12,14-15,17-18,20-21,27-34H,4,7,10,13,16,19,22-26,35-36H2,1-3H3,(H,46,48)(H,47,50);6-13H,3-5,14-15,24H2,1-2H3,(H,25,27);3-10H,1-2H3,(H,20,21);4-8,11H2,1-3H3,(H,12,13);1-7H2/b6-5-,9-8-,12-11-,15-14-,18-17-,21-20-;;;;. The normalized spacial score (nSPS) is 11.5. The van der Waals surface area contributed by atoms with E-state index in [0.29, 0.717) is 111 Å². The SMILES string of the molecule is CC(C)(C)OC(=O)NCCCCCN.CC(C)(Oc1ccc(C(=O)c2ccc(Cl)cc2)cc1)C(=O)NCCCCCN.CC(C)(Oc1ccc(C(=O)c2ccc(Cl)cc2)cc1)C(=O)O.CC/C=C\C/C=C\C/C=C\C/C=C\C/C=C\C/C=C\CCC(=O)NCCCCCNC(=O)C(C)(C)Oc1ccc(C(=O)c2ccc(Cl)cc2)cc1.NCCCCCN. The van der Waals surface area contributed by atoms with Gasteiger partial charge in [0.1, 0.15) is 22.8 Å². The summed E-state index contributed by atoms with van der Waals surface area (Å²) in [6.45, 7) is 22.9. The van der Waals surface area contributed by atoms with Crippen LogP contribution < -0.4 is 58.4 Å². The molecule has 6 aromatic rings. The number of aliphatic carboxylic acids is 1. The number of carbonyl (C=O) groups excluding carboxylic acids is 7. The molecule has 666 valence electrons. The number of carbonyl (C=O) groups is 8. The summed E-state index contributed by atoms with van der Waals surface area (Å²) in [5.74, 6) is -0.338. The summed E-state index contributed by atoms with van der Waals surface area (Å²) in [7, 11) is 0. The van der Waals surface area contributed by atoms with E-state index in [1.54, 1.807) is 173 Å². The Morgan fingerprint density at radius 2 is 0.590 bits per heavy atom. The number of amides is 4. The molecule has 0 unspecified atom stereocenters. The minimum Gasteiger partial charge on any atom is -0.478 e. The van der Waals surface area contributed by atoms with Crippen LogP contribution in [-0.2, 0) is 23.9 Å². The number of rotatable bonds is 49. The molecule has 4 amide bonds. The maximum atomic E-state index is 12.8. The number of nitrogens with one attached hydrogen (secondary N) is 4. The van der Waals surface area contributed by atoms with Crippen molar-refractivity contribution in [2.45, 2.75) is 220 Å². The number of carboxylic acids is 1. The number of nitrogens with two attached hydrogens (primary N) is 4.